The van der Waals surface area contributed by atoms with Gasteiger partial charge in [0.05, 0.1) is 5.60 Å². The van der Waals surface area contributed by atoms with Gasteiger partial charge in [-0.05, 0) is 44.4 Å². The fourth-order valence-electron chi connectivity index (χ4n) is 1.90. The number of carbonyl (C=O) groups excluding carboxylic acids is 1. The lowest BCUT2D eigenvalue weighted by atomic mass is 10.0. The van der Waals surface area contributed by atoms with Crippen molar-refractivity contribution in [2.45, 2.75) is 62.2 Å². The molecule has 3 nitrogen and oxygen atoms in total. The van der Waals surface area contributed by atoms with Gasteiger partial charge in [-0.3, -0.25) is 4.79 Å². The molecule has 0 saturated carbocycles. The fraction of sp³-hybridized carbons (Fsp3) is 0.562. The van der Waals surface area contributed by atoms with E-state index in [1.54, 1.807) is 13.8 Å². The Hall–Kier alpha value is -1.00. The number of benzene rings is 1. The maximum absolute atomic E-state index is 11.1. The van der Waals surface area contributed by atoms with E-state index in [2.05, 4.69) is 31.2 Å². The smallest absolute Gasteiger partial charge is 0.218 e. The van der Waals surface area contributed by atoms with Crippen molar-refractivity contribution in [2.24, 2.45) is 5.73 Å². The van der Waals surface area contributed by atoms with E-state index >= 15 is 0 Å². The summed E-state index contributed by atoms with van der Waals surface area (Å²) in [6.45, 7) is 5.61. The molecule has 0 bridgehead atoms. The molecule has 1 aromatic rings. The highest BCUT2D eigenvalue weighted by molar-refractivity contribution is 8.00. The van der Waals surface area contributed by atoms with Gasteiger partial charge in [0.15, 0.2) is 0 Å². The van der Waals surface area contributed by atoms with Crippen LogP contribution in [0.3, 0.4) is 0 Å². The molecule has 0 aliphatic carbocycles. The second-order valence-corrected chi connectivity index (χ2v) is 6.95. The summed E-state index contributed by atoms with van der Waals surface area (Å²) in [7, 11) is 0. The van der Waals surface area contributed by atoms with Crippen LogP contribution in [0.5, 0.6) is 0 Å². The molecule has 1 atom stereocenters. The molecule has 3 N–H and O–H groups in total. The van der Waals surface area contributed by atoms with E-state index in [-0.39, 0.29) is 17.6 Å². The third-order valence-corrected chi connectivity index (χ3v) is 4.77. The van der Waals surface area contributed by atoms with Crippen molar-refractivity contribution < 1.29 is 9.90 Å². The monoisotopic (exact) mass is 295 g/mol. The van der Waals surface area contributed by atoms with E-state index in [9.17, 15) is 9.90 Å². The van der Waals surface area contributed by atoms with E-state index in [1.807, 2.05) is 0 Å². The number of aryl methyl sites for hydroxylation is 1. The number of nitrogens with two attached hydrogens (primary N) is 1. The summed E-state index contributed by atoms with van der Waals surface area (Å²) < 4.78 is 0. The molecular formula is C16H25NO2S. The predicted octanol–water partition coefficient (Wildman–Crippen LogP) is 3.14. The third-order valence-electron chi connectivity index (χ3n) is 3.20. The Morgan fingerprint density at radius 1 is 1.35 bits per heavy atom. The van der Waals surface area contributed by atoms with Gasteiger partial charge in [0.2, 0.25) is 5.91 Å². The number of amides is 1. The highest BCUT2D eigenvalue weighted by Crippen LogP contribution is 2.32. The fourth-order valence-corrected chi connectivity index (χ4v) is 3.06. The van der Waals surface area contributed by atoms with E-state index in [4.69, 9.17) is 5.73 Å². The Morgan fingerprint density at radius 3 is 2.40 bits per heavy atom. The lowest BCUT2D eigenvalue weighted by molar-refractivity contribution is -0.118. The second-order valence-electron chi connectivity index (χ2n) is 5.68. The van der Waals surface area contributed by atoms with E-state index in [1.165, 1.54) is 30.2 Å². The average molecular weight is 295 g/mol. The predicted molar refractivity (Wildman–Crippen MR) is 84.8 cm³/mol. The summed E-state index contributed by atoms with van der Waals surface area (Å²) in [4.78, 5) is 12.2. The molecule has 112 valence electrons. The Bertz CT molecular complexity index is 423. The molecule has 20 heavy (non-hydrogen) atoms. The topological polar surface area (TPSA) is 63.3 Å². The first-order chi connectivity index (χ1) is 9.32. The molecule has 1 amide bonds. The number of aliphatic hydroxyl groups is 1. The molecule has 0 aliphatic heterocycles. The van der Waals surface area contributed by atoms with Crippen LogP contribution in [-0.2, 0) is 11.2 Å². The van der Waals surface area contributed by atoms with Crippen LogP contribution in [-0.4, -0.2) is 21.9 Å². The zero-order valence-corrected chi connectivity index (χ0v) is 13.4. The number of primary amides is 1. The van der Waals surface area contributed by atoms with Crippen molar-refractivity contribution in [3.05, 3.63) is 29.8 Å². The molecule has 1 unspecified atom stereocenters. The summed E-state index contributed by atoms with van der Waals surface area (Å²) >= 11 is 1.51. The first-order valence-corrected chi connectivity index (χ1v) is 7.97. The van der Waals surface area contributed by atoms with Crippen molar-refractivity contribution >= 4 is 17.7 Å². The molecule has 4 heteroatoms. The summed E-state index contributed by atoms with van der Waals surface area (Å²) in [5.74, 6) is -0.385. The van der Waals surface area contributed by atoms with Gasteiger partial charge < -0.3 is 10.8 Å². The SMILES string of the molecule is CCCCc1ccc(SC(CC(N)=O)C(C)(C)O)cc1. The quantitative estimate of drug-likeness (QED) is 0.724. The summed E-state index contributed by atoms with van der Waals surface area (Å²) in [6, 6.07) is 8.33. The molecule has 1 aromatic carbocycles. The largest absolute Gasteiger partial charge is 0.389 e. The molecule has 0 spiro atoms. The van der Waals surface area contributed by atoms with Gasteiger partial charge in [0, 0.05) is 16.6 Å². The average Bonchev–Trinajstić information content (AvgIpc) is 2.35. The zero-order chi connectivity index (χ0) is 15.2. The first-order valence-electron chi connectivity index (χ1n) is 7.09. The van der Waals surface area contributed by atoms with Crippen molar-refractivity contribution in [2.75, 3.05) is 0 Å². The van der Waals surface area contributed by atoms with Gasteiger partial charge in [0.1, 0.15) is 0 Å². The Labute approximate surface area is 125 Å². The molecule has 0 radical (unpaired) electrons. The summed E-state index contributed by atoms with van der Waals surface area (Å²) in [6.07, 6.45) is 3.65. The molecule has 0 aliphatic rings. The zero-order valence-electron chi connectivity index (χ0n) is 12.6. The Morgan fingerprint density at radius 2 is 1.95 bits per heavy atom. The standard InChI is InChI=1S/C16H25NO2S/c1-4-5-6-12-7-9-13(10-8-12)20-14(11-15(17)18)16(2,3)19/h7-10,14,19H,4-6,11H2,1-3H3,(H2,17,18). The van der Waals surface area contributed by atoms with Crippen LogP contribution in [0.4, 0.5) is 0 Å². The molecule has 1 rings (SSSR count). The van der Waals surface area contributed by atoms with Gasteiger partial charge in [-0.25, -0.2) is 0 Å². The maximum atomic E-state index is 11.1. The highest BCUT2D eigenvalue weighted by atomic mass is 32.2. The second kappa shape index (κ2) is 7.70. The van der Waals surface area contributed by atoms with Gasteiger partial charge in [-0.1, -0.05) is 25.5 Å². The van der Waals surface area contributed by atoms with Crippen LogP contribution in [0.2, 0.25) is 0 Å². The van der Waals surface area contributed by atoms with Gasteiger partial charge in [0.25, 0.3) is 0 Å². The number of carbonyl (C=O) groups is 1. The van der Waals surface area contributed by atoms with Crippen molar-refractivity contribution in [3.63, 3.8) is 0 Å². The number of thioether (sulfide) groups is 1. The number of rotatable bonds is 8. The van der Waals surface area contributed by atoms with Crippen LogP contribution in [0, 0.1) is 0 Å². The van der Waals surface area contributed by atoms with E-state index < -0.39 is 5.60 Å². The first kappa shape index (κ1) is 17.1. The lowest BCUT2D eigenvalue weighted by Gasteiger charge is -2.27. The van der Waals surface area contributed by atoms with E-state index in [0.29, 0.717) is 0 Å². The number of unbranched alkanes of at least 4 members (excludes halogenated alkanes) is 1. The highest BCUT2D eigenvalue weighted by Gasteiger charge is 2.29. The molecule has 0 aromatic heterocycles. The number of hydrogen-bond acceptors (Lipinski definition) is 3. The lowest BCUT2D eigenvalue weighted by Crippen LogP contribution is -2.36. The molecule has 0 saturated heterocycles. The van der Waals surface area contributed by atoms with Crippen molar-refractivity contribution in [3.8, 4) is 0 Å². The van der Waals surface area contributed by atoms with Crippen LogP contribution in [0.1, 0.15) is 45.6 Å². The maximum Gasteiger partial charge on any atom is 0.218 e. The molecule has 0 fully saturated rings. The number of hydrogen-bond donors (Lipinski definition) is 2. The van der Waals surface area contributed by atoms with Crippen molar-refractivity contribution in [1.29, 1.82) is 0 Å². The van der Waals surface area contributed by atoms with Crippen LogP contribution >= 0.6 is 11.8 Å². The van der Waals surface area contributed by atoms with Gasteiger partial charge >= 0.3 is 0 Å². The minimum Gasteiger partial charge on any atom is -0.389 e. The van der Waals surface area contributed by atoms with Gasteiger partial charge in [-0.15, -0.1) is 11.8 Å². The Balaban J connectivity index is 2.71. The minimum atomic E-state index is -0.944. The summed E-state index contributed by atoms with van der Waals surface area (Å²) in [5.41, 5.74) is 5.64. The minimum absolute atomic E-state index is 0.172. The van der Waals surface area contributed by atoms with E-state index in [0.717, 1.165) is 11.3 Å². The summed E-state index contributed by atoms with van der Waals surface area (Å²) in [5, 5.41) is 9.90. The van der Waals surface area contributed by atoms with Crippen LogP contribution in [0.25, 0.3) is 0 Å². The third kappa shape index (κ3) is 5.97. The normalized spacial score (nSPS) is 13.2. The van der Waals surface area contributed by atoms with Crippen LogP contribution in [0.15, 0.2) is 29.2 Å². The molecular weight excluding hydrogens is 270 g/mol. The van der Waals surface area contributed by atoms with Crippen molar-refractivity contribution in [1.82, 2.24) is 0 Å². The van der Waals surface area contributed by atoms with Crippen LogP contribution < -0.4 is 5.73 Å². The molecule has 0 heterocycles. The van der Waals surface area contributed by atoms with Gasteiger partial charge in [-0.2, -0.15) is 0 Å². The Kier molecular flexibility index (Phi) is 6.56.